The zero-order chi connectivity index (χ0) is 15.2. The molecule has 0 amide bonds. The van der Waals surface area contributed by atoms with E-state index in [2.05, 4.69) is 24.1 Å². The molecule has 0 saturated heterocycles. The first kappa shape index (κ1) is 16.7. The predicted molar refractivity (Wildman–Crippen MR) is 91.4 cm³/mol. The van der Waals surface area contributed by atoms with Gasteiger partial charge in [0.15, 0.2) is 0 Å². The lowest BCUT2D eigenvalue weighted by molar-refractivity contribution is 0.674. The number of pyridine rings is 1. The predicted octanol–water partition coefficient (Wildman–Crippen LogP) is 4.96. The molecule has 0 spiro atoms. The largest absolute Gasteiger partial charge is 0.312 e. The Morgan fingerprint density at radius 2 is 2.05 bits per heavy atom. The van der Waals surface area contributed by atoms with Gasteiger partial charge in [-0.3, -0.25) is 4.98 Å². The Hall–Kier alpha value is -0.680. The smallest absolute Gasteiger partial charge is 0.143 e. The third kappa shape index (κ3) is 4.39. The summed E-state index contributed by atoms with van der Waals surface area (Å²) >= 11 is 13.8. The fourth-order valence-electron chi connectivity index (χ4n) is 2.01. The van der Waals surface area contributed by atoms with Crippen LogP contribution in [-0.2, 0) is 13.0 Å². The molecule has 2 rings (SSSR count). The molecule has 0 aromatic carbocycles. The van der Waals surface area contributed by atoms with Crippen LogP contribution >= 0.6 is 34.5 Å². The molecule has 0 aliphatic rings. The van der Waals surface area contributed by atoms with Crippen molar-refractivity contribution in [3.05, 3.63) is 32.9 Å². The van der Waals surface area contributed by atoms with Gasteiger partial charge in [0.1, 0.15) is 10.7 Å². The molecule has 0 saturated carbocycles. The van der Waals surface area contributed by atoms with Crippen molar-refractivity contribution in [2.45, 2.75) is 39.7 Å². The van der Waals surface area contributed by atoms with Crippen LogP contribution in [0, 0.1) is 0 Å². The summed E-state index contributed by atoms with van der Waals surface area (Å²) in [6, 6.07) is 1.71. The van der Waals surface area contributed by atoms with Crippen LogP contribution in [0.4, 0.5) is 0 Å². The Balaban J connectivity index is 2.29. The first-order chi connectivity index (χ1) is 10.2. The average Bonchev–Trinajstić information content (AvgIpc) is 2.82. The van der Waals surface area contributed by atoms with E-state index >= 15 is 0 Å². The zero-order valence-electron chi connectivity index (χ0n) is 12.2. The monoisotopic (exact) mass is 343 g/mol. The van der Waals surface area contributed by atoms with Crippen molar-refractivity contribution in [3.63, 3.8) is 0 Å². The number of rotatable bonds is 7. The molecule has 0 radical (unpaired) electrons. The van der Waals surface area contributed by atoms with E-state index in [1.54, 1.807) is 23.6 Å². The molecule has 0 aliphatic heterocycles. The molecule has 21 heavy (non-hydrogen) atoms. The van der Waals surface area contributed by atoms with Crippen LogP contribution in [0.3, 0.4) is 0 Å². The van der Waals surface area contributed by atoms with Crippen LogP contribution in [0.5, 0.6) is 0 Å². The van der Waals surface area contributed by atoms with Crippen molar-refractivity contribution in [1.82, 2.24) is 15.3 Å². The molecular formula is C15H19Cl2N3S. The van der Waals surface area contributed by atoms with Gasteiger partial charge < -0.3 is 5.32 Å². The summed E-state index contributed by atoms with van der Waals surface area (Å²) in [6.07, 6.45) is 4.79. The molecule has 2 aromatic rings. The number of nitrogens with one attached hydrogen (secondary N) is 1. The molecule has 0 unspecified atom stereocenters. The van der Waals surface area contributed by atoms with Crippen LogP contribution in [0.25, 0.3) is 10.7 Å². The minimum Gasteiger partial charge on any atom is -0.312 e. The van der Waals surface area contributed by atoms with Crippen molar-refractivity contribution in [3.8, 4) is 10.7 Å². The second kappa shape index (κ2) is 8.08. The molecular weight excluding hydrogens is 325 g/mol. The van der Waals surface area contributed by atoms with Crippen molar-refractivity contribution < 1.29 is 0 Å². The van der Waals surface area contributed by atoms with E-state index in [4.69, 9.17) is 28.2 Å². The third-order valence-electron chi connectivity index (χ3n) is 2.99. The molecule has 0 aliphatic carbocycles. The normalized spacial score (nSPS) is 11.0. The molecule has 0 atom stereocenters. The zero-order valence-corrected chi connectivity index (χ0v) is 14.6. The van der Waals surface area contributed by atoms with Crippen LogP contribution < -0.4 is 5.32 Å². The number of thiazole rings is 1. The Kier molecular flexibility index (Phi) is 6.42. The van der Waals surface area contributed by atoms with Gasteiger partial charge in [0.25, 0.3) is 0 Å². The summed E-state index contributed by atoms with van der Waals surface area (Å²) in [7, 11) is 0. The van der Waals surface area contributed by atoms with E-state index < -0.39 is 0 Å². The minimum atomic E-state index is 0.541. The number of halogens is 2. The summed E-state index contributed by atoms with van der Waals surface area (Å²) in [5.41, 5.74) is 1.86. The number of hydrogen-bond donors (Lipinski definition) is 1. The van der Waals surface area contributed by atoms with Crippen molar-refractivity contribution in [2.24, 2.45) is 0 Å². The van der Waals surface area contributed by atoms with Crippen LogP contribution in [0.2, 0.25) is 10.0 Å². The third-order valence-corrected chi connectivity index (χ3v) is 4.59. The Labute approximate surface area is 139 Å². The van der Waals surface area contributed by atoms with E-state index in [1.165, 1.54) is 4.88 Å². The lowest BCUT2D eigenvalue weighted by Crippen LogP contribution is -2.13. The summed E-state index contributed by atoms with van der Waals surface area (Å²) < 4.78 is 0. The highest BCUT2D eigenvalue weighted by Gasteiger charge is 2.15. The molecule has 114 valence electrons. The van der Waals surface area contributed by atoms with E-state index in [0.717, 1.165) is 43.1 Å². The van der Waals surface area contributed by atoms with Crippen molar-refractivity contribution in [1.29, 1.82) is 0 Å². The van der Waals surface area contributed by atoms with E-state index in [9.17, 15) is 0 Å². The molecule has 6 heteroatoms. The highest BCUT2D eigenvalue weighted by atomic mass is 35.5. The average molecular weight is 344 g/mol. The second-order valence-electron chi connectivity index (χ2n) is 4.80. The van der Waals surface area contributed by atoms with E-state index in [1.807, 2.05) is 0 Å². The number of hydrogen-bond acceptors (Lipinski definition) is 4. The Bertz CT molecular complexity index is 599. The first-order valence-electron chi connectivity index (χ1n) is 7.16. The molecule has 1 N–H and O–H groups in total. The SMILES string of the molecule is CCCNCc1sc(-c2ncc(Cl)cc2Cl)nc1CCC. The van der Waals surface area contributed by atoms with Gasteiger partial charge in [-0.1, -0.05) is 43.5 Å². The van der Waals surface area contributed by atoms with Crippen LogP contribution in [0.15, 0.2) is 12.3 Å². The lowest BCUT2D eigenvalue weighted by atomic mass is 10.2. The highest BCUT2D eigenvalue weighted by Crippen LogP contribution is 2.33. The number of nitrogens with zero attached hydrogens (tertiary/aromatic N) is 2. The first-order valence-corrected chi connectivity index (χ1v) is 8.73. The molecule has 0 bridgehead atoms. The van der Waals surface area contributed by atoms with Crippen molar-refractivity contribution >= 4 is 34.5 Å². The summed E-state index contributed by atoms with van der Waals surface area (Å²) in [4.78, 5) is 10.3. The van der Waals surface area contributed by atoms with Gasteiger partial charge >= 0.3 is 0 Å². The van der Waals surface area contributed by atoms with Gasteiger partial charge in [-0.05, 0) is 25.5 Å². The summed E-state index contributed by atoms with van der Waals surface area (Å²) in [6.45, 7) is 6.19. The fourth-order valence-corrected chi connectivity index (χ4v) is 3.62. The maximum Gasteiger partial charge on any atom is 0.143 e. The van der Waals surface area contributed by atoms with Crippen LogP contribution in [0.1, 0.15) is 37.3 Å². The quantitative estimate of drug-likeness (QED) is 0.721. The van der Waals surface area contributed by atoms with Crippen LogP contribution in [-0.4, -0.2) is 16.5 Å². The van der Waals surface area contributed by atoms with Gasteiger partial charge in [-0.2, -0.15) is 0 Å². The Morgan fingerprint density at radius 1 is 1.24 bits per heavy atom. The Morgan fingerprint density at radius 3 is 2.71 bits per heavy atom. The summed E-state index contributed by atoms with van der Waals surface area (Å²) in [5, 5.41) is 5.39. The highest BCUT2D eigenvalue weighted by molar-refractivity contribution is 7.15. The van der Waals surface area contributed by atoms with E-state index in [-0.39, 0.29) is 0 Å². The van der Waals surface area contributed by atoms with Gasteiger partial charge in [0.05, 0.1) is 15.7 Å². The number of aromatic nitrogens is 2. The second-order valence-corrected chi connectivity index (χ2v) is 6.73. The maximum atomic E-state index is 6.23. The number of aryl methyl sites for hydroxylation is 1. The van der Waals surface area contributed by atoms with Gasteiger partial charge in [-0.15, -0.1) is 11.3 Å². The van der Waals surface area contributed by atoms with Gasteiger partial charge in [0.2, 0.25) is 0 Å². The summed E-state index contributed by atoms with van der Waals surface area (Å²) in [5.74, 6) is 0. The molecule has 2 aromatic heterocycles. The van der Waals surface area contributed by atoms with Gasteiger partial charge in [-0.25, -0.2) is 4.98 Å². The molecule has 2 heterocycles. The topological polar surface area (TPSA) is 37.8 Å². The maximum absolute atomic E-state index is 6.23. The fraction of sp³-hybridized carbons (Fsp3) is 0.467. The molecule has 3 nitrogen and oxygen atoms in total. The minimum absolute atomic E-state index is 0.541. The standard InChI is InChI=1S/C15H19Cl2N3S/c1-3-5-12-13(9-18-6-4-2)21-15(20-12)14-11(17)7-10(16)8-19-14/h7-8,18H,3-6,9H2,1-2H3. The van der Waals surface area contributed by atoms with Gasteiger partial charge in [0, 0.05) is 17.6 Å². The van der Waals surface area contributed by atoms with E-state index in [0.29, 0.717) is 15.7 Å². The lowest BCUT2D eigenvalue weighted by Gasteiger charge is -2.02. The van der Waals surface area contributed by atoms with Crippen molar-refractivity contribution in [2.75, 3.05) is 6.54 Å². The molecule has 0 fully saturated rings.